The summed E-state index contributed by atoms with van der Waals surface area (Å²) in [5.74, 6) is -1.09. The molecule has 0 amide bonds. The second-order valence-electron chi connectivity index (χ2n) is 25.2. The number of nitrogens with zero attached hydrogens (tertiary/aromatic N) is 4. The molecule has 0 radical (unpaired) electrons. The van der Waals surface area contributed by atoms with E-state index in [1.54, 1.807) is 84.0 Å². The minimum absolute atomic E-state index is 0.00807. The number of ether oxygens (including phenoxy) is 6. The molecule has 0 bridgehead atoms. The maximum absolute atomic E-state index is 14.0. The number of aromatic nitrogens is 2. The van der Waals surface area contributed by atoms with Crippen molar-refractivity contribution in [3.05, 3.63) is 129 Å². The highest BCUT2D eigenvalue weighted by molar-refractivity contribution is 8.77. The largest absolute Gasteiger partial charge is 0.497 e. The topological polar surface area (TPSA) is 174 Å². The van der Waals surface area contributed by atoms with Crippen molar-refractivity contribution in [3.63, 3.8) is 0 Å². The molecule has 0 atom stereocenters. The van der Waals surface area contributed by atoms with E-state index in [1.807, 2.05) is 101 Å². The summed E-state index contributed by atoms with van der Waals surface area (Å²) in [6.45, 7) is 16.3. The number of hydrogen-bond donors (Lipinski definition) is 0. The molecule has 2 saturated carbocycles. The van der Waals surface area contributed by atoms with Gasteiger partial charge >= 0.3 is 23.9 Å². The first-order valence-electron chi connectivity index (χ1n) is 30.3. The van der Waals surface area contributed by atoms with Crippen molar-refractivity contribution < 1.29 is 57.2 Å². The van der Waals surface area contributed by atoms with Crippen LogP contribution in [0, 0.1) is 13.8 Å². The minimum Gasteiger partial charge on any atom is -0.497 e. The molecule has 8 rings (SSSR count). The predicted octanol–water partition coefficient (Wildman–Crippen LogP) is 13.9. The summed E-state index contributed by atoms with van der Waals surface area (Å²) < 4.78 is 37.6. The zero-order chi connectivity index (χ0) is 63.6. The van der Waals surface area contributed by atoms with E-state index in [0.717, 1.165) is 64.2 Å². The highest BCUT2D eigenvalue weighted by Crippen LogP contribution is 2.55. The van der Waals surface area contributed by atoms with E-state index in [0.29, 0.717) is 90.1 Å². The van der Waals surface area contributed by atoms with Gasteiger partial charge in [-0.3, -0.25) is 47.7 Å². The predicted molar refractivity (Wildman–Crippen MR) is 350 cm³/mol. The van der Waals surface area contributed by atoms with Crippen LogP contribution in [-0.4, -0.2) is 142 Å². The van der Waals surface area contributed by atoms with Gasteiger partial charge in [-0.15, -0.1) is 0 Å². The molecule has 474 valence electrons. The number of rotatable bonds is 25. The van der Waals surface area contributed by atoms with Crippen molar-refractivity contribution in [1.29, 1.82) is 0 Å². The number of carbonyl (C=O) groups excluding carboxylic acids is 6. The summed E-state index contributed by atoms with van der Waals surface area (Å²) in [5, 5.41) is 2.41. The normalized spacial score (nSPS) is 15.1. The fourth-order valence-electron chi connectivity index (χ4n) is 12.0. The van der Waals surface area contributed by atoms with E-state index in [9.17, 15) is 28.8 Å². The summed E-state index contributed by atoms with van der Waals surface area (Å²) >= 11 is 12.3. The number of esters is 4. The van der Waals surface area contributed by atoms with Gasteiger partial charge in [0, 0.05) is 79.0 Å². The molecule has 2 fully saturated rings. The summed E-state index contributed by atoms with van der Waals surface area (Å²) in [5.41, 5.74) is 3.18. The van der Waals surface area contributed by atoms with Crippen molar-refractivity contribution in [2.75, 3.05) is 66.7 Å². The standard InChI is InChI=1S/C68H84Cl2N4O12S2/c1-45-53(55-37-51(81-9)25-27-57(55)73(45)63(79)47-17-21-49(69)22-18-47)39-59(75)83-35-33-71(41-61(77)85-65(3,4)5)43-67(29-13-11-14-30-67)87-88-68(31-15-12-16-32-68)44-72(42-62(78)86-66(6,7)8)34-36-84-60(76)40-54-46(2)74(58-28-26-52(82-10)38-56(54)58)64(80)48-19-23-50(70)24-20-48/h17-28,37-38H,11-16,29-36,39-44H2,1-10H3. The van der Waals surface area contributed by atoms with Crippen LogP contribution in [0.1, 0.15) is 149 Å². The lowest BCUT2D eigenvalue weighted by Gasteiger charge is -2.45. The quantitative estimate of drug-likeness (QED) is 0.0300. The molecule has 20 heteroatoms. The molecule has 2 aliphatic carbocycles. The van der Waals surface area contributed by atoms with Crippen molar-refractivity contribution in [2.45, 2.75) is 153 Å². The first kappa shape index (κ1) is 67.9. The van der Waals surface area contributed by atoms with Crippen molar-refractivity contribution >= 4 is 102 Å². The van der Waals surface area contributed by atoms with E-state index in [1.165, 1.54) is 0 Å². The highest BCUT2D eigenvalue weighted by atomic mass is 35.5. The SMILES string of the molecule is COc1ccc2c(c1)c(CC(=O)OCCN(CC(=O)OC(C)(C)C)CC1(SSC3(CN(CCOC(=O)Cc4c(C)n(C(=O)c5ccc(Cl)cc5)c5ccc(OC)cc45)CC(=O)OC(C)(C)C)CCCCC3)CCCCC1)c(C)n2C(=O)c1ccc(Cl)cc1. The number of fused-ring (bicyclic) bond motifs is 2. The van der Waals surface area contributed by atoms with Gasteiger partial charge < -0.3 is 28.4 Å². The first-order valence-corrected chi connectivity index (χ1v) is 33.2. The molecule has 0 saturated heterocycles. The summed E-state index contributed by atoms with van der Waals surface area (Å²) in [6.07, 6.45) is 9.64. The number of hydrogen-bond acceptors (Lipinski definition) is 16. The third kappa shape index (κ3) is 17.9. The van der Waals surface area contributed by atoms with Crippen LogP contribution in [0.3, 0.4) is 0 Å². The van der Waals surface area contributed by atoms with E-state index in [2.05, 4.69) is 9.80 Å². The summed E-state index contributed by atoms with van der Waals surface area (Å²) in [4.78, 5) is 87.7. The monoisotopic (exact) mass is 1280 g/mol. The molecule has 2 aromatic heterocycles. The molecule has 2 aliphatic rings. The van der Waals surface area contributed by atoms with Gasteiger partial charge in [-0.25, -0.2) is 0 Å². The Kier molecular flexibility index (Phi) is 22.9. The molecule has 16 nitrogen and oxygen atoms in total. The Morgan fingerprint density at radius 1 is 0.511 bits per heavy atom. The van der Waals surface area contributed by atoms with Gasteiger partial charge in [0.25, 0.3) is 11.8 Å². The van der Waals surface area contributed by atoms with Crippen LogP contribution in [0.25, 0.3) is 21.8 Å². The van der Waals surface area contributed by atoms with Gasteiger partial charge in [0.1, 0.15) is 35.9 Å². The zero-order valence-corrected chi connectivity index (χ0v) is 55.6. The summed E-state index contributed by atoms with van der Waals surface area (Å²) in [6, 6.07) is 24.2. The van der Waals surface area contributed by atoms with Crippen LogP contribution in [0.2, 0.25) is 10.0 Å². The lowest BCUT2D eigenvalue weighted by molar-refractivity contribution is -0.157. The van der Waals surface area contributed by atoms with E-state index in [4.69, 9.17) is 51.6 Å². The number of halogens is 2. The van der Waals surface area contributed by atoms with Gasteiger partial charge in [0.05, 0.1) is 51.2 Å². The number of benzene rings is 4. The molecule has 0 spiro atoms. The van der Waals surface area contributed by atoms with Crippen LogP contribution < -0.4 is 9.47 Å². The smallest absolute Gasteiger partial charge is 0.320 e. The van der Waals surface area contributed by atoms with Crippen LogP contribution in [0.5, 0.6) is 11.5 Å². The third-order valence-corrected chi connectivity index (χ3v) is 20.9. The van der Waals surface area contributed by atoms with E-state index < -0.39 is 23.1 Å². The fraction of sp³-hybridized carbons (Fsp3) is 0.500. The molecule has 2 heterocycles. The molecule has 4 aromatic carbocycles. The zero-order valence-electron chi connectivity index (χ0n) is 52.5. The Labute approximate surface area is 535 Å². The van der Waals surface area contributed by atoms with Crippen LogP contribution >= 0.6 is 44.8 Å². The molecule has 6 aromatic rings. The first-order chi connectivity index (χ1) is 41.8. The van der Waals surface area contributed by atoms with Gasteiger partial charge in [0.2, 0.25) is 0 Å². The highest BCUT2D eigenvalue weighted by Gasteiger charge is 2.42. The lowest BCUT2D eigenvalue weighted by Crippen LogP contribution is -2.48. The summed E-state index contributed by atoms with van der Waals surface area (Å²) in [7, 11) is 6.89. The third-order valence-electron chi connectivity index (χ3n) is 16.1. The number of carbonyl (C=O) groups is 6. The Bertz CT molecular complexity index is 3240. The average molecular weight is 1280 g/mol. The van der Waals surface area contributed by atoms with Crippen LogP contribution in [0.15, 0.2) is 84.9 Å². The Morgan fingerprint density at radius 2 is 0.864 bits per heavy atom. The fourth-order valence-corrected chi connectivity index (χ4v) is 16.4. The van der Waals surface area contributed by atoms with Gasteiger partial charge in [-0.05, 0) is 177 Å². The van der Waals surface area contributed by atoms with E-state index >= 15 is 0 Å². The minimum atomic E-state index is -0.718. The molecule has 0 N–H and O–H groups in total. The van der Waals surface area contributed by atoms with Crippen LogP contribution in [0.4, 0.5) is 0 Å². The van der Waals surface area contributed by atoms with Crippen LogP contribution in [-0.2, 0) is 51.0 Å². The molecule has 0 unspecified atom stereocenters. The van der Waals surface area contributed by atoms with Gasteiger partial charge in [-0.1, -0.05) is 83.3 Å². The maximum atomic E-state index is 14.0. The molecular formula is C68H84Cl2N4O12S2. The Hall–Kier alpha value is -6.02. The maximum Gasteiger partial charge on any atom is 0.320 e. The molecular weight excluding hydrogens is 1200 g/mol. The second-order valence-corrected chi connectivity index (χ2v) is 29.2. The second kappa shape index (κ2) is 29.7. The van der Waals surface area contributed by atoms with Gasteiger partial charge in [0.15, 0.2) is 0 Å². The molecule has 88 heavy (non-hydrogen) atoms. The van der Waals surface area contributed by atoms with Gasteiger partial charge in [-0.2, -0.15) is 0 Å². The van der Waals surface area contributed by atoms with Crippen molar-refractivity contribution in [2.24, 2.45) is 0 Å². The van der Waals surface area contributed by atoms with Crippen molar-refractivity contribution in [3.8, 4) is 11.5 Å². The van der Waals surface area contributed by atoms with Crippen molar-refractivity contribution in [1.82, 2.24) is 18.9 Å². The Morgan fingerprint density at radius 3 is 1.19 bits per heavy atom. The average Bonchev–Trinajstić information content (AvgIpc) is 1.81. The van der Waals surface area contributed by atoms with E-state index in [-0.39, 0.29) is 85.5 Å². The number of methoxy groups -OCH3 is 2. The lowest BCUT2D eigenvalue weighted by atomic mass is 9.87. The Balaban J connectivity index is 0.980. The molecule has 0 aliphatic heterocycles.